The van der Waals surface area contributed by atoms with E-state index in [1.165, 1.54) is 32.1 Å². The molecule has 2 aliphatic carbocycles. The predicted molar refractivity (Wildman–Crippen MR) is 50.1 cm³/mol. The van der Waals surface area contributed by atoms with Crippen molar-refractivity contribution in [1.29, 1.82) is 0 Å². The Hall–Kier alpha value is -0.530. The molecule has 1 saturated heterocycles. The Morgan fingerprint density at radius 1 is 1.38 bits per heavy atom. The summed E-state index contributed by atoms with van der Waals surface area (Å²) >= 11 is 0. The van der Waals surface area contributed by atoms with E-state index >= 15 is 0 Å². The second-order valence-electron chi connectivity index (χ2n) is 5.17. The second kappa shape index (κ2) is 2.49. The van der Waals surface area contributed by atoms with Gasteiger partial charge in [0.2, 0.25) is 5.91 Å². The van der Waals surface area contributed by atoms with Crippen molar-refractivity contribution >= 4 is 5.91 Å². The van der Waals surface area contributed by atoms with Gasteiger partial charge in [0.25, 0.3) is 0 Å². The molecular formula is C11H17NO. The van der Waals surface area contributed by atoms with Gasteiger partial charge >= 0.3 is 0 Å². The van der Waals surface area contributed by atoms with E-state index in [0.29, 0.717) is 17.2 Å². The van der Waals surface area contributed by atoms with E-state index in [0.717, 1.165) is 18.9 Å². The lowest BCUT2D eigenvalue weighted by Crippen LogP contribution is -2.42. The van der Waals surface area contributed by atoms with E-state index in [1.54, 1.807) is 0 Å². The van der Waals surface area contributed by atoms with Gasteiger partial charge < -0.3 is 5.32 Å². The molecular weight excluding hydrogens is 162 g/mol. The summed E-state index contributed by atoms with van der Waals surface area (Å²) in [6.45, 7) is 0.979. The van der Waals surface area contributed by atoms with Crippen LogP contribution in [-0.2, 0) is 4.79 Å². The number of nitrogens with one attached hydrogen (secondary N) is 1. The molecule has 3 fully saturated rings. The highest BCUT2D eigenvalue weighted by atomic mass is 16.2. The average Bonchev–Trinajstić information content (AvgIpc) is 2.18. The third-order valence-electron chi connectivity index (χ3n) is 4.52. The number of carbonyl (C=O) groups excluding carboxylic acids is 1. The van der Waals surface area contributed by atoms with Crippen molar-refractivity contribution < 1.29 is 4.79 Å². The lowest BCUT2D eigenvalue weighted by molar-refractivity contribution is -0.128. The largest absolute Gasteiger partial charge is 0.355 e. The van der Waals surface area contributed by atoms with Gasteiger partial charge in [0.15, 0.2) is 0 Å². The molecule has 1 aliphatic heterocycles. The minimum atomic E-state index is 0.338. The summed E-state index contributed by atoms with van der Waals surface area (Å²) in [6.07, 6.45) is 8.04. The van der Waals surface area contributed by atoms with Crippen LogP contribution in [0.2, 0.25) is 0 Å². The van der Waals surface area contributed by atoms with Gasteiger partial charge in [-0.2, -0.15) is 0 Å². The molecule has 1 heterocycles. The minimum Gasteiger partial charge on any atom is -0.355 e. The number of fused-ring (bicyclic) bond motifs is 1. The number of rotatable bonds is 2. The fourth-order valence-corrected chi connectivity index (χ4v) is 3.29. The van der Waals surface area contributed by atoms with Crippen LogP contribution in [0.25, 0.3) is 0 Å². The molecule has 72 valence electrons. The summed E-state index contributed by atoms with van der Waals surface area (Å²) in [5, 5.41) is 3.04. The molecule has 2 atom stereocenters. The Balaban J connectivity index is 1.70. The molecule has 1 amide bonds. The number of carbonyl (C=O) groups is 1. The molecule has 3 aliphatic rings. The Labute approximate surface area is 79.1 Å². The van der Waals surface area contributed by atoms with Crippen molar-refractivity contribution in [2.24, 2.45) is 17.3 Å². The molecule has 0 bridgehead atoms. The van der Waals surface area contributed by atoms with Crippen LogP contribution in [0, 0.1) is 17.3 Å². The van der Waals surface area contributed by atoms with E-state index in [-0.39, 0.29) is 0 Å². The van der Waals surface area contributed by atoms with E-state index in [2.05, 4.69) is 5.32 Å². The molecule has 3 rings (SSSR count). The zero-order valence-electron chi connectivity index (χ0n) is 8.01. The van der Waals surface area contributed by atoms with Gasteiger partial charge in [-0.1, -0.05) is 19.3 Å². The zero-order chi connectivity index (χ0) is 8.89. The van der Waals surface area contributed by atoms with Crippen molar-refractivity contribution in [1.82, 2.24) is 5.32 Å². The maximum Gasteiger partial charge on any atom is 0.223 e. The molecule has 0 aromatic carbocycles. The highest BCUT2D eigenvalue weighted by Gasteiger charge is 2.55. The first-order valence-corrected chi connectivity index (χ1v) is 5.58. The van der Waals surface area contributed by atoms with Gasteiger partial charge in [0, 0.05) is 12.5 Å². The van der Waals surface area contributed by atoms with Crippen LogP contribution in [0.1, 0.15) is 38.5 Å². The molecule has 0 radical (unpaired) electrons. The highest BCUT2D eigenvalue weighted by Crippen LogP contribution is 2.55. The molecule has 0 spiro atoms. The maximum absolute atomic E-state index is 11.4. The van der Waals surface area contributed by atoms with Crippen LogP contribution in [0.5, 0.6) is 0 Å². The van der Waals surface area contributed by atoms with Gasteiger partial charge in [-0.05, 0) is 30.6 Å². The maximum atomic E-state index is 11.4. The molecule has 2 heteroatoms. The van der Waals surface area contributed by atoms with E-state index in [9.17, 15) is 4.79 Å². The van der Waals surface area contributed by atoms with Crippen LogP contribution in [0.4, 0.5) is 0 Å². The van der Waals surface area contributed by atoms with Crippen molar-refractivity contribution in [2.75, 3.05) is 6.54 Å². The molecule has 2 unspecified atom stereocenters. The minimum absolute atomic E-state index is 0.338. The summed E-state index contributed by atoms with van der Waals surface area (Å²) in [7, 11) is 0. The Morgan fingerprint density at radius 3 is 2.69 bits per heavy atom. The van der Waals surface area contributed by atoms with Crippen LogP contribution in [0.3, 0.4) is 0 Å². The molecule has 1 N–H and O–H groups in total. The summed E-state index contributed by atoms with van der Waals surface area (Å²) < 4.78 is 0. The zero-order valence-corrected chi connectivity index (χ0v) is 8.01. The molecule has 2 saturated carbocycles. The van der Waals surface area contributed by atoms with Crippen molar-refractivity contribution in [3.05, 3.63) is 0 Å². The SMILES string of the molecule is O=C1NCC2(CC3CCC3)CCC12. The van der Waals surface area contributed by atoms with Crippen molar-refractivity contribution in [2.45, 2.75) is 38.5 Å². The summed E-state index contributed by atoms with van der Waals surface area (Å²) in [5.41, 5.74) is 0.419. The third kappa shape index (κ3) is 0.976. The van der Waals surface area contributed by atoms with E-state index in [1.807, 2.05) is 0 Å². The average molecular weight is 179 g/mol. The fourth-order valence-electron chi connectivity index (χ4n) is 3.29. The van der Waals surface area contributed by atoms with Crippen molar-refractivity contribution in [3.63, 3.8) is 0 Å². The number of amides is 1. The van der Waals surface area contributed by atoms with Gasteiger partial charge in [-0.25, -0.2) is 0 Å². The van der Waals surface area contributed by atoms with Gasteiger partial charge in [-0.15, -0.1) is 0 Å². The van der Waals surface area contributed by atoms with Crippen LogP contribution in [-0.4, -0.2) is 12.5 Å². The highest BCUT2D eigenvalue weighted by molar-refractivity contribution is 5.83. The Kier molecular flexibility index (Phi) is 1.50. The standard InChI is InChI=1S/C11H17NO/c13-10-9-4-5-11(9,7-12-10)6-8-2-1-3-8/h8-9H,1-7H2,(H,12,13). The van der Waals surface area contributed by atoms with Gasteiger partial charge in [-0.3, -0.25) is 4.79 Å². The first-order valence-electron chi connectivity index (χ1n) is 5.58. The monoisotopic (exact) mass is 179 g/mol. The van der Waals surface area contributed by atoms with Crippen LogP contribution >= 0.6 is 0 Å². The van der Waals surface area contributed by atoms with Crippen LogP contribution in [0.15, 0.2) is 0 Å². The number of hydrogen-bond donors (Lipinski definition) is 1. The van der Waals surface area contributed by atoms with E-state index < -0.39 is 0 Å². The van der Waals surface area contributed by atoms with Crippen LogP contribution < -0.4 is 5.32 Å². The first kappa shape index (κ1) is 7.84. The quantitative estimate of drug-likeness (QED) is 0.687. The lowest BCUT2D eigenvalue weighted by Gasteiger charge is -2.46. The molecule has 2 nitrogen and oxygen atoms in total. The smallest absolute Gasteiger partial charge is 0.223 e. The summed E-state index contributed by atoms with van der Waals surface area (Å²) in [6, 6.07) is 0. The third-order valence-corrected chi connectivity index (χ3v) is 4.52. The molecule has 0 aromatic heterocycles. The topological polar surface area (TPSA) is 29.1 Å². The predicted octanol–water partition coefficient (Wildman–Crippen LogP) is 1.70. The van der Waals surface area contributed by atoms with E-state index in [4.69, 9.17) is 0 Å². The lowest BCUT2D eigenvalue weighted by atomic mass is 9.56. The Morgan fingerprint density at radius 2 is 2.23 bits per heavy atom. The fraction of sp³-hybridized carbons (Fsp3) is 0.909. The normalized spacial score (nSPS) is 43.4. The van der Waals surface area contributed by atoms with Gasteiger partial charge in [0.05, 0.1) is 0 Å². The first-order chi connectivity index (χ1) is 6.30. The number of hydrogen-bond acceptors (Lipinski definition) is 1. The molecule has 13 heavy (non-hydrogen) atoms. The summed E-state index contributed by atoms with van der Waals surface area (Å²) in [5.74, 6) is 1.69. The second-order valence-corrected chi connectivity index (χ2v) is 5.17. The van der Waals surface area contributed by atoms with Crippen molar-refractivity contribution in [3.8, 4) is 0 Å². The summed E-state index contributed by atoms with van der Waals surface area (Å²) in [4.78, 5) is 11.4. The Bertz CT molecular complexity index is 246. The van der Waals surface area contributed by atoms with Gasteiger partial charge in [0.1, 0.15) is 0 Å². The molecule has 0 aromatic rings.